The maximum Gasteiger partial charge on any atom is 0.241 e. The first kappa shape index (κ1) is 17.2. The molecule has 0 bridgehead atoms. The van der Waals surface area contributed by atoms with Crippen LogP contribution in [0.15, 0.2) is 41.3 Å². The molecule has 0 aliphatic carbocycles. The van der Waals surface area contributed by atoms with E-state index in [1.54, 1.807) is 35.2 Å². The van der Waals surface area contributed by atoms with E-state index in [9.17, 15) is 13.2 Å². The first-order valence-corrected chi connectivity index (χ1v) is 9.66. The molecule has 2 aromatic rings. The normalized spacial score (nSPS) is 18.8. The number of sulfonamides is 1. The van der Waals surface area contributed by atoms with E-state index in [2.05, 4.69) is 4.72 Å². The molecule has 24 heavy (non-hydrogen) atoms. The Kier molecular flexibility index (Phi) is 4.55. The summed E-state index contributed by atoms with van der Waals surface area (Å²) in [7, 11) is -3.76. The number of hydrogen-bond donors (Lipinski definition) is 1. The second-order valence-corrected chi connectivity index (χ2v) is 8.39. The van der Waals surface area contributed by atoms with Gasteiger partial charge in [0.25, 0.3) is 0 Å². The van der Waals surface area contributed by atoms with Crippen molar-refractivity contribution < 1.29 is 13.2 Å². The van der Waals surface area contributed by atoms with Gasteiger partial charge in [-0.05, 0) is 55.3 Å². The average molecular weight is 367 g/mol. The molecule has 1 atom stereocenters. The van der Waals surface area contributed by atoms with E-state index in [4.69, 9.17) is 11.6 Å². The van der Waals surface area contributed by atoms with Crippen LogP contribution in [0.2, 0.25) is 5.02 Å². The number of nitrogens with one attached hydrogen (secondary N) is 1. The molecule has 1 amide bonds. The molecular formula is C17H19ClN2O3S. The summed E-state index contributed by atoms with van der Waals surface area (Å²) >= 11 is 5.94. The molecule has 0 saturated carbocycles. The van der Waals surface area contributed by atoms with Crippen LogP contribution in [-0.4, -0.2) is 37.9 Å². The number of halogens is 1. The van der Waals surface area contributed by atoms with Crippen molar-refractivity contribution >= 4 is 38.3 Å². The van der Waals surface area contributed by atoms with Crippen LogP contribution < -0.4 is 4.72 Å². The van der Waals surface area contributed by atoms with E-state index in [0.29, 0.717) is 18.0 Å². The summed E-state index contributed by atoms with van der Waals surface area (Å²) in [6.45, 7) is 4.41. The van der Waals surface area contributed by atoms with E-state index in [-0.39, 0.29) is 16.8 Å². The zero-order valence-electron chi connectivity index (χ0n) is 13.5. The van der Waals surface area contributed by atoms with Crippen molar-refractivity contribution in [2.24, 2.45) is 0 Å². The summed E-state index contributed by atoms with van der Waals surface area (Å²) in [5, 5.41) is 2.25. The van der Waals surface area contributed by atoms with Crippen LogP contribution in [0.1, 0.15) is 20.3 Å². The van der Waals surface area contributed by atoms with Crippen molar-refractivity contribution in [1.82, 2.24) is 9.62 Å². The van der Waals surface area contributed by atoms with Crippen molar-refractivity contribution in [1.29, 1.82) is 0 Å². The summed E-state index contributed by atoms with van der Waals surface area (Å²) in [4.78, 5) is 14.1. The maximum atomic E-state index is 12.6. The highest BCUT2D eigenvalue weighted by Gasteiger charge is 2.35. The molecule has 1 fully saturated rings. The highest BCUT2D eigenvalue weighted by Crippen LogP contribution is 2.23. The lowest BCUT2D eigenvalue weighted by Crippen LogP contribution is -2.43. The molecule has 2 aromatic carbocycles. The van der Waals surface area contributed by atoms with Gasteiger partial charge in [0.05, 0.1) is 4.90 Å². The van der Waals surface area contributed by atoms with Gasteiger partial charge in [-0.25, -0.2) is 8.42 Å². The molecule has 0 unspecified atom stereocenters. The van der Waals surface area contributed by atoms with Crippen molar-refractivity contribution in [3.05, 3.63) is 41.4 Å². The van der Waals surface area contributed by atoms with Crippen molar-refractivity contribution in [3.8, 4) is 0 Å². The summed E-state index contributed by atoms with van der Waals surface area (Å²) in [6.07, 6.45) is 0.486. The number of rotatable bonds is 4. The fourth-order valence-electron chi connectivity index (χ4n) is 2.94. The summed E-state index contributed by atoms with van der Waals surface area (Å²) in [5.74, 6) is -0.166. The maximum absolute atomic E-state index is 12.6. The molecule has 5 nitrogen and oxygen atoms in total. The molecule has 1 N–H and O–H groups in total. The van der Waals surface area contributed by atoms with Gasteiger partial charge in [0, 0.05) is 17.6 Å². The number of hydrogen-bond acceptors (Lipinski definition) is 3. The lowest BCUT2D eigenvalue weighted by atomic mass is 10.1. The number of nitrogens with zero attached hydrogens (tertiary/aromatic N) is 1. The largest absolute Gasteiger partial charge is 0.339 e. The number of fused-ring (bicyclic) bond motifs is 1. The molecule has 7 heteroatoms. The third-order valence-electron chi connectivity index (χ3n) is 4.24. The highest BCUT2D eigenvalue weighted by atomic mass is 35.5. The Hall–Kier alpha value is -1.63. The van der Waals surface area contributed by atoms with Crippen molar-refractivity contribution in [2.45, 2.75) is 37.2 Å². The predicted octanol–water partition coefficient (Wildman–Crippen LogP) is 2.78. The van der Waals surface area contributed by atoms with Crippen LogP contribution in [0, 0.1) is 0 Å². The van der Waals surface area contributed by atoms with Crippen LogP contribution >= 0.6 is 11.6 Å². The first-order valence-electron chi connectivity index (χ1n) is 7.80. The summed E-state index contributed by atoms with van der Waals surface area (Å²) in [5.41, 5.74) is 0. The van der Waals surface area contributed by atoms with Gasteiger partial charge in [-0.3, -0.25) is 4.79 Å². The minimum Gasteiger partial charge on any atom is -0.339 e. The quantitative estimate of drug-likeness (QED) is 0.904. The Morgan fingerprint density at radius 2 is 1.83 bits per heavy atom. The monoisotopic (exact) mass is 366 g/mol. The SMILES string of the molecule is CC(C)N1CC[C@H](NS(=O)(=O)c2ccc3cc(Cl)ccc3c2)C1=O. The smallest absolute Gasteiger partial charge is 0.241 e. The number of carbonyl (C=O) groups excluding carboxylic acids is 1. The lowest BCUT2D eigenvalue weighted by Gasteiger charge is -2.21. The van der Waals surface area contributed by atoms with E-state index >= 15 is 0 Å². The van der Waals surface area contributed by atoms with Gasteiger partial charge >= 0.3 is 0 Å². The highest BCUT2D eigenvalue weighted by molar-refractivity contribution is 7.89. The molecule has 1 saturated heterocycles. The Morgan fingerprint density at radius 3 is 2.50 bits per heavy atom. The van der Waals surface area contributed by atoms with Gasteiger partial charge < -0.3 is 4.90 Å². The van der Waals surface area contributed by atoms with Gasteiger partial charge in [0.15, 0.2) is 0 Å². The van der Waals surface area contributed by atoms with Gasteiger partial charge in [-0.1, -0.05) is 23.7 Å². The third kappa shape index (κ3) is 3.27. The summed E-state index contributed by atoms with van der Waals surface area (Å²) < 4.78 is 27.8. The fourth-order valence-corrected chi connectivity index (χ4v) is 4.38. The number of amides is 1. The van der Waals surface area contributed by atoms with Crippen molar-refractivity contribution in [3.63, 3.8) is 0 Å². The molecule has 1 aliphatic heterocycles. The zero-order valence-corrected chi connectivity index (χ0v) is 15.1. The minimum absolute atomic E-state index is 0.0671. The molecule has 1 heterocycles. The van der Waals surface area contributed by atoms with E-state index in [0.717, 1.165) is 10.8 Å². The van der Waals surface area contributed by atoms with Gasteiger partial charge in [-0.2, -0.15) is 4.72 Å². The Labute approximate surface area is 146 Å². The number of carbonyl (C=O) groups is 1. The van der Waals surface area contributed by atoms with Crippen LogP contribution in [0.3, 0.4) is 0 Å². The second kappa shape index (κ2) is 6.35. The minimum atomic E-state index is -3.76. The van der Waals surface area contributed by atoms with E-state index < -0.39 is 16.1 Å². The molecular weight excluding hydrogens is 348 g/mol. The van der Waals surface area contributed by atoms with Gasteiger partial charge in [0.1, 0.15) is 6.04 Å². The summed E-state index contributed by atoms with van der Waals surface area (Å²) in [6, 6.07) is 9.48. The lowest BCUT2D eigenvalue weighted by molar-refractivity contribution is -0.130. The predicted molar refractivity (Wildman–Crippen MR) is 94.5 cm³/mol. The standard InChI is InChI=1S/C17H19ClN2O3S/c1-11(2)20-8-7-16(17(20)21)19-24(22,23)15-6-4-12-9-14(18)5-3-13(12)10-15/h3-6,9-11,16,19H,7-8H2,1-2H3/t16-/m0/s1. The molecule has 0 aromatic heterocycles. The topological polar surface area (TPSA) is 66.5 Å². The Morgan fingerprint density at radius 1 is 1.17 bits per heavy atom. The molecule has 3 rings (SSSR count). The van der Waals surface area contributed by atoms with E-state index in [1.165, 1.54) is 6.07 Å². The molecule has 1 aliphatic rings. The van der Waals surface area contributed by atoms with Crippen LogP contribution in [-0.2, 0) is 14.8 Å². The second-order valence-electron chi connectivity index (χ2n) is 6.24. The van der Waals surface area contributed by atoms with Gasteiger partial charge in [0.2, 0.25) is 15.9 Å². The van der Waals surface area contributed by atoms with E-state index in [1.807, 2.05) is 13.8 Å². The molecule has 0 radical (unpaired) electrons. The Balaban J connectivity index is 1.86. The Bertz CT molecular complexity index is 896. The number of likely N-dealkylation sites (tertiary alicyclic amines) is 1. The first-order chi connectivity index (χ1) is 11.3. The molecule has 128 valence electrons. The van der Waals surface area contributed by atoms with Crippen LogP contribution in [0.5, 0.6) is 0 Å². The van der Waals surface area contributed by atoms with Crippen LogP contribution in [0.4, 0.5) is 0 Å². The third-order valence-corrected chi connectivity index (χ3v) is 5.95. The van der Waals surface area contributed by atoms with Crippen molar-refractivity contribution in [2.75, 3.05) is 6.54 Å². The fraction of sp³-hybridized carbons (Fsp3) is 0.353. The number of benzene rings is 2. The molecule has 0 spiro atoms. The average Bonchev–Trinajstić information content (AvgIpc) is 2.87. The van der Waals surface area contributed by atoms with Gasteiger partial charge in [-0.15, -0.1) is 0 Å². The zero-order chi connectivity index (χ0) is 17.5. The van der Waals surface area contributed by atoms with Crippen LogP contribution in [0.25, 0.3) is 10.8 Å².